The molecule has 1 aliphatic heterocycles. The minimum atomic E-state index is -2.01. The average molecular weight is 604 g/mol. The Bertz CT molecular complexity index is 1520. The lowest BCUT2D eigenvalue weighted by Crippen LogP contribution is -2.45. The number of carbonyl (C=O) groups is 3. The molecule has 1 saturated heterocycles. The lowest BCUT2D eigenvalue weighted by Gasteiger charge is -2.32. The number of hydrogen-bond donors (Lipinski definition) is 1. The van der Waals surface area contributed by atoms with Gasteiger partial charge in [0.25, 0.3) is 0 Å². The highest BCUT2D eigenvalue weighted by atomic mass is 32.2. The van der Waals surface area contributed by atoms with E-state index in [1.165, 1.54) is 24.3 Å². The van der Waals surface area contributed by atoms with Gasteiger partial charge in [-0.15, -0.1) is 0 Å². The minimum absolute atomic E-state index is 0.0773. The molecule has 3 aromatic carbocycles. The van der Waals surface area contributed by atoms with Crippen molar-refractivity contribution in [2.24, 2.45) is 4.99 Å². The number of anilines is 1. The van der Waals surface area contributed by atoms with E-state index in [-0.39, 0.29) is 29.4 Å². The Hall–Kier alpha value is -4.39. The number of amides is 2. The standard InChI is InChI=1S/C29H25F4N3O5S/c1-3-40-20-11-9-18(10-12-20)34-27(38)22-14-23(37)36(15-17-13-21(30)25(32)26(33)24(17)31)29(42-22)35-19-7-5-16(6-8-19)28(39)41-4-2/h5-13,22H,3-4,14-15H2,1-2H3,(H,34,38)/t22-/m1/s1. The molecular formula is C29H25F4N3O5S. The predicted octanol–water partition coefficient (Wildman–Crippen LogP) is 5.98. The first-order chi connectivity index (χ1) is 20.1. The van der Waals surface area contributed by atoms with Crippen molar-refractivity contribution in [1.82, 2.24) is 4.90 Å². The van der Waals surface area contributed by atoms with E-state index in [4.69, 9.17) is 9.47 Å². The summed E-state index contributed by atoms with van der Waals surface area (Å²) in [7, 11) is 0. The summed E-state index contributed by atoms with van der Waals surface area (Å²) in [5.41, 5.74) is 0.333. The van der Waals surface area contributed by atoms with Crippen molar-refractivity contribution < 1.29 is 41.4 Å². The fourth-order valence-corrected chi connectivity index (χ4v) is 5.02. The second-order valence-corrected chi connectivity index (χ2v) is 10.0. The largest absolute Gasteiger partial charge is 0.494 e. The van der Waals surface area contributed by atoms with Gasteiger partial charge in [0.1, 0.15) is 11.0 Å². The molecule has 0 radical (unpaired) electrons. The predicted molar refractivity (Wildman–Crippen MR) is 149 cm³/mol. The Morgan fingerprint density at radius 1 is 0.976 bits per heavy atom. The van der Waals surface area contributed by atoms with Crippen molar-refractivity contribution in [3.8, 4) is 5.75 Å². The summed E-state index contributed by atoms with van der Waals surface area (Å²) in [5, 5.41) is 1.67. The van der Waals surface area contributed by atoms with Gasteiger partial charge in [-0.1, -0.05) is 11.8 Å². The third-order valence-electron chi connectivity index (χ3n) is 5.97. The molecule has 42 heavy (non-hydrogen) atoms. The van der Waals surface area contributed by atoms with Crippen LogP contribution >= 0.6 is 11.8 Å². The number of ether oxygens (including phenoxy) is 2. The molecule has 1 aliphatic rings. The van der Waals surface area contributed by atoms with Crippen molar-refractivity contribution >= 4 is 46.1 Å². The van der Waals surface area contributed by atoms with Gasteiger partial charge in [-0.05, 0) is 68.4 Å². The molecule has 1 atom stereocenters. The Morgan fingerprint density at radius 3 is 2.31 bits per heavy atom. The smallest absolute Gasteiger partial charge is 0.338 e. The van der Waals surface area contributed by atoms with Gasteiger partial charge in [-0.3, -0.25) is 14.5 Å². The molecule has 0 unspecified atom stereocenters. The van der Waals surface area contributed by atoms with Gasteiger partial charge in [0, 0.05) is 17.7 Å². The molecule has 1 fully saturated rings. The number of benzene rings is 3. The molecule has 1 N–H and O–H groups in total. The van der Waals surface area contributed by atoms with Gasteiger partial charge in [-0.25, -0.2) is 27.3 Å². The SMILES string of the molecule is CCOC(=O)c1ccc(N=C2S[C@@H](C(=O)Nc3ccc(OCC)cc3)CC(=O)N2Cc2cc(F)c(F)c(F)c2F)cc1. The Labute approximate surface area is 242 Å². The highest BCUT2D eigenvalue weighted by Gasteiger charge is 2.37. The number of aliphatic imine (C=N–C) groups is 1. The number of nitrogens with one attached hydrogen (secondary N) is 1. The number of thioether (sulfide) groups is 1. The first kappa shape index (κ1) is 30.6. The van der Waals surface area contributed by atoms with Crippen molar-refractivity contribution in [1.29, 1.82) is 0 Å². The molecule has 3 aromatic rings. The van der Waals surface area contributed by atoms with Gasteiger partial charge >= 0.3 is 5.97 Å². The van der Waals surface area contributed by atoms with Gasteiger partial charge in [0.2, 0.25) is 11.8 Å². The van der Waals surface area contributed by atoms with E-state index < -0.39 is 58.4 Å². The topological polar surface area (TPSA) is 97.3 Å². The number of esters is 1. The van der Waals surface area contributed by atoms with Crippen LogP contribution in [0.4, 0.5) is 28.9 Å². The van der Waals surface area contributed by atoms with Gasteiger partial charge in [-0.2, -0.15) is 0 Å². The molecular weight excluding hydrogens is 578 g/mol. The number of halogens is 4. The molecule has 220 valence electrons. The van der Waals surface area contributed by atoms with Crippen LogP contribution in [-0.4, -0.2) is 46.3 Å². The van der Waals surface area contributed by atoms with Crippen LogP contribution in [0.25, 0.3) is 0 Å². The lowest BCUT2D eigenvalue weighted by molar-refractivity contribution is -0.129. The average Bonchev–Trinajstić information content (AvgIpc) is 2.97. The molecule has 1 heterocycles. The normalized spacial score (nSPS) is 16.0. The van der Waals surface area contributed by atoms with Crippen LogP contribution in [0.1, 0.15) is 36.2 Å². The molecule has 0 spiro atoms. The summed E-state index contributed by atoms with van der Waals surface area (Å²) >= 11 is 0.875. The quantitative estimate of drug-likeness (QED) is 0.140. The van der Waals surface area contributed by atoms with E-state index in [2.05, 4.69) is 10.3 Å². The maximum Gasteiger partial charge on any atom is 0.338 e. The fourth-order valence-electron chi connectivity index (χ4n) is 3.92. The van der Waals surface area contributed by atoms with E-state index in [1.54, 1.807) is 31.2 Å². The van der Waals surface area contributed by atoms with E-state index in [9.17, 15) is 31.9 Å². The summed E-state index contributed by atoms with van der Waals surface area (Å²) < 4.78 is 66.2. The molecule has 0 bridgehead atoms. The van der Waals surface area contributed by atoms with Gasteiger partial charge in [0.05, 0.1) is 31.0 Å². The summed E-state index contributed by atoms with van der Waals surface area (Å²) in [4.78, 5) is 43.7. The molecule has 0 aromatic heterocycles. The highest BCUT2D eigenvalue weighted by Crippen LogP contribution is 2.32. The van der Waals surface area contributed by atoms with Crippen molar-refractivity contribution in [3.05, 3.63) is 89.0 Å². The fraction of sp³-hybridized carbons (Fsp3) is 0.241. The summed E-state index contributed by atoms with van der Waals surface area (Å²) in [6, 6.07) is 12.9. The van der Waals surface area contributed by atoms with Crippen LogP contribution in [0, 0.1) is 23.3 Å². The number of nitrogens with zero attached hydrogens (tertiary/aromatic N) is 2. The Kier molecular flexibility index (Phi) is 9.84. The van der Waals surface area contributed by atoms with E-state index in [1.807, 2.05) is 6.92 Å². The number of rotatable bonds is 9. The molecule has 0 aliphatic carbocycles. The third kappa shape index (κ3) is 7.08. The van der Waals surface area contributed by atoms with Crippen LogP contribution < -0.4 is 10.1 Å². The van der Waals surface area contributed by atoms with Crippen molar-refractivity contribution in [2.45, 2.75) is 32.1 Å². The highest BCUT2D eigenvalue weighted by molar-refractivity contribution is 8.15. The summed E-state index contributed by atoms with van der Waals surface area (Å²) in [6.45, 7) is 3.46. The van der Waals surface area contributed by atoms with Gasteiger partial charge < -0.3 is 14.8 Å². The first-order valence-electron chi connectivity index (χ1n) is 12.8. The zero-order valence-corrected chi connectivity index (χ0v) is 23.3. The van der Waals surface area contributed by atoms with Crippen LogP contribution in [0.15, 0.2) is 59.6 Å². The first-order valence-corrected chi connectivity index (χ1v) is 13.7. The summed E-state index contributed by atoms with van der Waals surface area (Å²) in [5.74, 6) is -8.42. The van der Waals surface area contributed by atoms with Crippen molar-refractivity contribution in [2.75, 3.05) is 18.5 Å². The second-order valence-electron chi connectivity index (χ2n) is 8.86. The zero-order chi connectivity index (χ0) is 30.4. The Balaban J connectivity index is 1.63. The molecule has 4 rings (SSSR count). The number of hydrogen-bond acceptors (Lipinski definition) is 7. The molecule has 0 saturated carbocycles. The second kappa shape index (κ2) is 13.5. The minimum Gasteiger partial charge on any atom is -0.494 e. The maximum atomic E-state index is 14.5. The van der Waals surface area contributed by atoms with E-state index >= 15 is 0 Å². The Morgan fingerprint density at radius 2 is 1.67 bits per heavy atom. The van der Waals surface area contributed by atoms with Crippen LogP contribution in [0.3, 0.4) is 0 Å². The maximum absolute atomic E-state index is 14.5. The molecule has 13 heteroatoms. The molecule has 8 nitrogen and oxygen atoms in total. The lowest BCUT2D eigenvalue weighted by atomic mass is 10.1. The van der Waals surface area contributed by atoms with E-state index in [0.717, 1.165) is 16.7 Å². The van der Waals surface area contributed by atoms with Crippen LogP contribution in [-0.2, 0) is 20.9 Å². The number of amidine groups is 1. The third-order valence-corrected chi connectivity index (χ3v) is 7.16. The zero-order valence-electron chi connectivity index (χ0n) is 22.5. The summed E-state index contributed by atoms with van der Waals surface area (Å²) in [6.07, 6.45) is -0.345. The molecule has 2 amide bonds. The van der Waals surface area contributed by atoms with Gasteiger partial charge in [0.15, 0.2) is 28.4 Å². The van der Waals surface area contributed by atoms with E-state index in [0.29, 0.717) is 24.1 Å². The monoisotopic (exact) mass is 603 g/mol. The van der Waals surface area contributed by atoms with Crippen LogP contribution in [0.2, 0.25) is 0 Å². The van der Waals surface area contributed by atoms with Crippen LogP contribution in [0.5, 0.6) is 5.75 Å². The number of carbonyl (C=O) groups excluding carboxylic acids is 3. The van der Waals surface area contributed by atoms with Crippen molar-refractivity contribution in [3.63, 3.8) is 0 Å².